The van der Waals surface area contributed by atoms with Gasteiger partial charge in [-0.05, 0) is 59.4 Å². The predicted molar refractivity (Wildman–Crippen MR) is 94.7 cm³/mol. The first-order valence-corrected chi connectivity index (χ1v) is 8.15. The number of amides is 1. The van der Waals surface area contributed by atoms with Gasteiger partial charge in [0, 0.05) is 13.1 Å². The van der Waals surface area contributed by atoms with Crippen LogP contribution < -0.4 is 10.8 Å². The number of hydrogen-bond donors (Lipinski definition) is 2. The van der Waals surface area contributed by atoms with Crippen molar-refractivity contribution in [1.82, 2.24) is 10.2 Å². The van der Waals surface area contributed by atoms with Gasteiger partial charge in [-0.25, -0.2) is 0 Å². The standard InChI is InChI=1S/C17H27BN2O4/c1-16(2)17(3,4)24-18(23-16)12-7-8-13(14(21)11-12)15(22)19-9-10-20(5)6/h7-8,11,21H,9-10H2,1-6H3,(H,19,22). The first-order chi connectivity index (χ1) is 11.0. The summed E-state index contributed by atoms with van der Waals surface area (Å²) in [4.78, 5) is 14.1. The van der Waals surface area contributed by atoms with Crippen molar-refractivity contribution >= 4 is 18.5 Å². The summed E-state index contributed by atoms with van der Waals surface area (Å²) < 4.78 is 11.9. The number of phenolic OH excluding ortho intramolecular Hbond substituents is 1. The molecule has 1 fully saturated rings. The van der Waals surface area contributed by atoms with E-state index in [-0.39, 0.29) is 17.2 Å². The molecule has 6 nitrogen and oxygen atoms in total. The highest BCUT2D eigenvalue weighted by molar-refractivity contribution is 6.62. The Morgan fingerprint density at radius 1 is 1.21 bits per heavy atom. The number of nitrogens with one attached hydrogen (secondary N) is 1. The summed E-state index contributed by atoms with van der Waals surface area (Å²) in [5.74, 6) is -0.376. The molecule has 0 spiro atoms. The lowest BCUT2D eigenvalue weighted by molar-refractivity contribution is 0.00578. The van der Waals surface area contributed by atoms with Gasteiger partial charge in [-0.15, -0.1) is 0 Å². The maximum atomic E-state index is 12.1. The van der Waals surface area contributed by atoms with Crippen LogP contribution in [0, 0.1) is 0 Å². The number of nitrogens with zero attached hydrogens (tertiary/aromatic N) is 1. The quantitative estimate of drug-likeness (QED) is 0.786. The van der Waals surface area contributed by atoms with E-state index in [4.69, 9.17) is 9.31 Å². The van der Waals surface area contributed by atoms with Crippen molar-refractivity contribution in [2.24, 2.45) is 0 Å². The van der Waals surface area contributed by atoms with Crippen LogP contribution in [0.5, 0.6) is 5.75 Å². The van der Waals surface area contributed by atoms with Gasteiger partial charge in [0.15, 0.2) is 0 Å². The van der Waals surface area contributed by atoms with Crippen molar-refractivity contribution < 1.29 is 19.2 Å². The highest BCUT2D eigenvalue weighted by Crippen LogP contribution is 2.36. The number of hydrogen-bond acceptors (Lipinski definition) is 5. The number of likely N-dealkylation sites (N-methyl/N-ethyl adjacent to an activating group) is 1. The maximum Gasteiger partial charge on any atom is 0.494 e. The molecule has 24 heavy (non-hydrogen) atoms. The van der Waals surface area contributed by atoms with E-state index in [1.807, 2.05) is 46.7 Å². The van der Waals surface area contributed by atoms with E-state index >= 15 is 0 Å². The molecule has 1 aromatic rings. The normalized spacial score (nSPS) is 18.9. The van der Waals surface area contributed by atoms with Gasteiger partial charge in [0.1, 0.15) is 5.75 Å². The molecule has 1 amide bonds. The zero-order chi connectivity index (χ0) is 18.1. The fourth-order valence-electron chi connectivity index (χ4n) is 2.35. The maximum absolute atomic E-state index is 12.1. The third-order valence-corrected chi connectivity index (χ3v) is 4.64. The zero-order valence-corrected chi connectivity index (χ0v) is 15.3. The number of aromatic hydroxyl groups is 1. The summed E-state index contributed by atoms with van der Waals surface area (Å²) in [7, 11) is 3.30. The first-order valence-electron chi connectivity index (χ1n) is 8.15. The molecular weight excluding hydrogens is 307 g/mol. The lowest BCUT2D eigenvalue weighted by Gasteiger charge is -2.32. The van der Waals surface area contributed by atoms with Crippen molar-refractivity contribution in [3.8, 4) is 5.75 Å². The Morgan fingerprint density at radius 3 is 2.29 bits per heavy atom. The zero-order valence-electron chi connectivity index (χ0n) is 15.3. The fourth-order valence-corrected chi connectivity index (χ4v) is 2.35. The van der Waals surface area contributed by atoms with Gasteiger partial charge in [0.05, 0.1) is 16.8 Å². The minimum atomic E-state index is -0.563. The minimum absolute atomic E-state index is 0.0791. The van der Waals surface area contributed by atoms with Crippen molar-refractivity contribution in [2.75, 3.05) is 27.2 Å². The summed E-state index contributed by atoms with van der Waals surface area (Å²) in [6.45, 7) is 9.14. The van der Waals surface area contributed by atoms with Gasteiger partial charge in [-0.2, -0.15) is 0 Å². The van der Waals surface area contributed by atoms with Crippen molar-refractivity contribution in [2.45, 2.75) is 38.9 Å². The molecule has 1 aliphatic rings. The van der Waals surface area contributed by atoms with Gasteiger partial charge < -0.3 is 24.6 Å². The number of rotatable bonds is 5. The van der Waals surface area contributed by atoms with Crippen molar-refractivity contribution in [1.29, 1.82) is 0 Å². The summed E-state index contributed by atoms with van der Waals surface area (Å²) in [5, 5.41) is 13.0. The van der Waals surface area contributed by atoms with Crippen LogP contribution in [0.3, 0.4) is 0 Å². The van der Waals surface area contributed by atoms with Crippen LogP contribution in [0.2, 0.25) is 0 Å². The second-order valence-electron chi connectivity index (χ2n) is 7.42. The molecule has 0 aliphatic carbocycles. The van der Waals surface area contributed by atoms with Gasteiger partial charge in [-0.3, -0.25) is 4.79 Å². The topological polar surface area (TPSA) is 71.0 Å². The van der Waals surface area contributed by atoms with Crippen LogP contribution in [-0.2, 0) is 9.31 Å². The second-order valence-corrected chi connectivity index (χ2v) is 7.42. The lowest BCUT2D eigenvalue weighted by Crippen LogP contribution is -2.41. The van der Waals surface area contributed by atoms with Crippen LogP contribution in [-0.4, -0.2) is 61.4 Å². The molecule has 1 heterocycles. The average molecular weight is 334 g/mol. The largest absolute Gasteiger partial charge is 0.507 e. The van der Waals surface area contributed by atoms with E-state index in [9.17, 15) is 9.90 Å². The molecule has 0 unspecified atom stereocenters. The minimum Gasteiger partial charge on any atom is -0.507 e. The average Bonchev–Trinajstić information content (AvgIpc) is 2.66. The van der Waals surface area contributed by atoms with Crippen LogP contribution in [0.25, 0.3) is 0 Å². The lowest BCUT2D eigenvalue weighted by atomic mass is 9.78. The molecule has 1 saturated heterocycles. The molecule has 0 bridgehead atoms. The van der Waals surface area contributed by atoms with Gasteiger partial charge in [0.2, 0.25) is 0 Å². The van der Waals surface area contributed by atoms with E-state index in [0.29, 0.717) is 12.0 Å². The van der Waals surface area contributed by atoms with Crippen LogP contribution >= 0.6 is 0 Å². The molecule has 0 radical (unpaired) electrons. The van der Waals surface area contributed by atoms with Crippen LogP contribution in [0.1, 0.15) is 38.1 Å². The predicted octanol–water partition coefficient (Wildman–Crippen LogP) is 0.983. The molecule has 0 saturated carbocycles. The number of benzene rings is 1. The van der Waals surface area contributed by atoms with Crippen LogP contribution in [0.4, 0.5) is 0 Å². The van der Waals surface area contributed by atoms with Crippen molar-refractivity contribution in [3.05, 3.63) is 23.8 Å². The number of carbonyl (C=O) groups excluding carboxylic acids is 1. The third-order valence-electron chi connectivity index (χ3n) is 4.64. The molecule has 7 heteroatoms. The first kappa shape index (κ1) is 18.8. The Kier molecular flexibility index (Phi) is 5.27. The molecule has 1 aromatic carbocycles. The summed E-state index contributed by atoms with van der Waals surface area (Å²) >= 11 is 0. The Hall–Kier alpha value is -1.57. The Bertz CT molecular complexity index is 601. The highest BCUT2D eigenvalue weighted by Gasteiger charge is 2.51. The fraction of sp³-hybridized carbons (Fsp3) is 0.588. The second kappa shape index (κ2) is 6.74. The summed E-state index contributed by atoms with van der Waals surface area (Å²) in [5.41, 5.74) is 0.0374. The Balaban J connectivity index is 2.09. The Morgan fingerprint density at radius 2 is 1.79 bits per heavy atom. The van der Waals surface area contributed by atoms with Crippen LogP contribution in [0.15, 0.2) is 18.2 Å². The smallest absolute Gasteiger partial charge is 0.494 e. The third kappa shape index (κ3) is 3.91. The van der Waals surface area contributed by atoms with E-state index in [0.717, 1.165) is 6.54 Å². The number of carbonyl (C=O) groups is 1. The molecule has 1 aliphatic heterocycles. The molecule has 132 valence electrons. The van der Waals surface area contributed by atoms with E-state index in [1.165, 1.54) is 6.07 Å². The summed E-state index contributed by atoms with van der Waals surface area (Å²) in [6.07, 6.45) is 0. The van der Waals surface area contributed by atoms with Crippen molar-refractivity contribution in [3.63, 3.8) is 0 Å². The number of phenols is 1. The van der Waals surface area contributed by atoms with E-state index in [2.05, 4.69) is 5.32 Å². The summed E-state index contributed by atoms with van der Waals surface area (Å²) in [6, 6.07) is 4.88. The van der Waals surface area contributed by atoms with Gasteiger partial charge in [0.25, 0.3) is 5.91 Å². The SMILES string of the molecule is CN(C)CCNC(=O)c1ccc(B2OC(C)(C)C(C)(C)O2)cc1O. The van der Waals surface area contributed by atoms with Gasteiger partial charge >= 0.3 is 7.12 Å². The van der Waals surface area contributed by atoms with E-state index in [1.54, 1.807) is 12.1 Å². The highest BCUT2D eigenvalue weighted by atomic mass is 16.7. The molecular formula is C17H27BN2O4. The molecule has 0 aromatic heterocycles. The van der Waals surface area contributed by atoms with Gasteiger partial charge in [-0.1, -0.05) is 6.07 Å². The molecule has 2 N–H and O–H groups in total. The molecule has 0 atom stereocenters. The monoisotopic (exact) mass is 334 g/mol. The van der Waals surface area contributed by atoms with E-state index < -0.39 is 18.3 Å². The molecule has 2 rings (SSSR count). The Labute approximate surface area is 144 Å².